The van der Waals surface area contributed by atoms with Crippen molar-refractivity contribution in [2.75, 3.05) is 66.0 Å². The quantitative estimate of drug-likeness (QED) is 0.0467. The molecule has 12 nitrogen and oxygen atoms in total. The van der Waals surface area contributed by atoms with Gasteiger partial charge in [0, 0.05) is 93.1 Å². The van der Waals surface area contributed by atoms with Gasteiger partial charge >= 0.3 is 24.5 Å². The van der Waals surface area contributed by atoms with Gasteiger partial charge in [-0.1, -0.05) is 66.7 Å². The summed E-state index contributed by atoms with van der Waals surface area (Å²) < 4.78 is 150. The van der Waals surface area contributed by atoms with Crippen molar-refractivity contribution in [1.29, 1.82) is 0 Å². The van der Waals surface area contributed by atoms with Crippen LogP contribution in [0.5, 0.6) is 17.2 Å². The summed E-state index contributed by atoms with van der Waals surface area (Å²) in [4.78, 5) is 23.8. The number of nitrogens with zero attached hydrogens (tertiary/aromatic N) is 2. The fourth-order valence-electron chi connectivity index (χ4n) is 7.99. The summed E-state index contributed by atoms with van der Waals surface area (Å²) in [5.41, 5.74) is 0.782. The maximum Gasteiger partial charge on any atom is 0.413 e. The molecule has 4 aliphatic rings. The second-order valence-electron chi connectivity index (χ2n) is 19.0. The Morgan fingerprint density at radius 2 is 1.13 bits per heavy atom. The second-order valence-corrected chi connectivity index (χ2v) is 22.2. The number of benzene rings is 3. The predicted octanol–water partition coefficient (Wildman–Crippen LogP) is 14.9. The number of nitrogens with two attached hydrogens (primary N) is 1. The number of methoxy groups -OCH3 is 3. The number of carboxylic acids is 1. The monoisotopic (exact) mass is 1340 g/mol. The van der Waals surface area contributed by atoms with Crippen LogP contribution >= 0.6 is 78.3 Å². The Bertz CT molecular complexity index is 2780. The number of aryl methyl sites for hydroxylation is 1. The topological polar surface area (TPSA) is 144 Å². The van der Waals surface area contributed by atoms with Crippen LogP contribution in [0, 0.1) is 5.41 Å². The van der Waals surface area contributed by atoms with Gasteiger partial charge in [-0.25, -0.2) is 4.79 Å². The average Bonchev–Trinajstić information content (AvgIpc) is 4.40. The molecular weight excluding hydrogens is 1280 g/mol. The van der Waals surface area contributed by atoms with Crippen LogP contribution in [-0.4, -0.2) is 106 Å². The molecule has 440 valence electrons. The molecule has 0 bridgehead atoms. The lowest BCUT2D eigenvalue weighted by atomic mass is 9.96. The third-order valence-electron chi connectivity index (χ3n) is 13.3. The average molecular weight is 1340 g/mol. The van der Waals surface area contributed by atoms with Gasteiger partial charge in [-0.05, 0) is 104 Å². The first kappa shape index (κ1) is 66.4. The molecule has 3 aliphatic carbocycles. The molecule has 27 heteroatoms. The van der Waals surface area contributed by atoms with Gasteiger partial charge < -0.3 is 39.3 Å². The van der Waals surface area contributed by atoms with Gasteiger partial charge in [0.15, 0.2) is 11.0 Å². The summed E-state index contributed by atoms with van der Waals surface area (Å²) >= 11 is 31.1. The van der Waals surface area contributed by atoms with Crippen LogP contribution in [0.1, 0.15) is 91.3 Å². The van der Waals surface area contributed by atoms with Crippen molar-refractivity contribution in [3.05, 3.63) is 105 Å². The van der Waals surface area contributed by atoms with E-state index in [1.54, 1.807) is 45.6 Å². The highest BCUT2D eigenvalue weighted by Gasteiger charge is 2.68. The summed E-state index contributed by atoms with van der Waals surface area (Å²) in [5.74, 6) is 0.392. The van der Waals surface area contributed by atoms with E-state index in [-0.39, 0.29) is 62.2 Å². The number of alkyl halides is 10. The van der Waals surface area contributed by atoms with Gasteiger partial charge in [-0.3, -0.25) is 14.5 Å². The number of carboxylic acid groups (broad SMARTS) is 1. The number of halogens is 15. The van der Waals surface area contributed by atoms with Crippen molar-refractivity contribution in [2.45, 2.75) is 113 Å². The maximum atomic E-state index is 14.0. The lowest BCUT2D eigenvalue weighted by Gasteiger charge is -2.41. The molecule has 0 spiro atoms. The van der Waals surface area contributed by atoms with Crippen LogP contribution in [0.15, 0.2) is 62.4 Å². The largest absolute Gasteiger partial charge is 0.492 e. The van der Waals surface area contributed by atoms with Crippen LogP contribution in [0.3, 0.4) is 0 Å². The van der Waals surface area contributed by atoms with E-state index in [2.05, 4.69) is 31.9 Å². The van der Waals surface area contributed by atoms with E-state index in [9.17, 15) is 54.2 Å². The summed E-state index contributed by atoms with van der Waals surface area (Å²) in [6.45, 7) is 2.91. The van der Waals surface area contributed by atoms with E-state index < -0.39 is 52.0 Å². The van der Waals surface area contributed by atoms with Crippen molar-refractivity contribution in [3.63, 3.8) is 0 Å². The lowest BCUT2D eigenvalue weighted by molar-refractivity contribution is -0.188. The molecule has 3 saturated carbocycles. The number of pyridine rings is 1. The Kier molecular flexibility index (Phi) is 23.8. The summed E-state index contributed by atoms with van der Waals surface area (Å²) in [7, 11) is 4.83. The van der Waals surface area contributed by atoms with Crippen LogP contribution < -0.4 is 30.4 Å². The van der Waals surface area contributed by atoms with Crippen molar-refractivity contribution in [1.82, 2.24) is 4.68 Å². The van der Waals surface area contributed by atoms with Crippen LogP contribution in [0.2, 0.25) is 15.1 Å². The summed E-state index contributed by atoms with van der Waals surface area (Å²) in [5, 5.41) is 11.7. The first-order valence-electron chi connectivity index (χ1n) is 24.5. The van der Waals surface area contributed by atoms with Crippen molar-refractivity contribution in [2.24, 2.45) is 11.1 Å². The third kappa shape index (κ3) is 17.3. The van der Waals surface area contributed by atoms with Gasteiger partial charge in [-0.2, -0.15) is 39.5 Å². The summed E-state index contributed by atoms with van der Waals surface area (Å²) in [6.07, 6.45) is -8.92. The second kappa shape index (κ2) is 28.3. The number of fused-ring (bicyclic) bond motifs is 3. The molecule has 3 fully saturated rings. The molecule has 79 heavy (non-hydrogen) atoms. The zero-order chi connectivity index (χ0) is 58.7. The number of aromatic nitrogens is 1. The molecule has 0 amide bonds. The summed E-state index contributed by atoms with van der Waals surface area (Å²) in [6, 6.07) is 11.2. The Balaban J connectivity index is 0.000000213. The van der Waals surface area contributed by atoms with Crippen molar-refractivity contribution >= 4 is 84.2 Å². The lowest BCUT2D eigenvalue weighted by Crippen LogP contribution is -2.55. The number of rotatable bonds is 21. The molecule has 0 unspecified atom stereocenters. The number of ether oxygens (including phenoxy) is 6. The highest BCUT2D eigenvalue weighted by atomic mass is 79.9. The molecule has 0 atom stereocenters. The highest BCUT2D eigenvalue weighted by molar-refractivity contribution is 9.10. The molecule has 8 rings (SSSR count). The minimum atomic E-state index is -4.54. The Hall–Kier alpha value is -3.39. The van der Waals surface area contributed by atoms with Crippen molar-refractivity contribution < 1.29 is 77.8 Å². The molecule has 3 aromatic carbocycles. The van der Waals surface area contributed by atoms with Gasteiger partial charge in [0.2, 0.25) is 0 Å². The van der Waals surface area contributed by atoms with E-state index in [0.717, 1.165) is 50.4 Å². The minimum absolute atomic E-state index is 0.0938. The van der Waals surface area contributed by atoms with Crippen LogP contribution in [0.4, 0.5) is 39.5 Å². The van der Waals surface area contributed by atoms with Gasteiger partial charge in [0.1, 0.15) is 28.4 Å². The molecule has 4 aromatic rings. The van der Waals surface area contributed by atoms with E-state index in [1.165, 1.54) is 6.07 Å². The van der Waals surface area contributed by atoms with E-state index in [1.807, 2.05) is 6.07 Å². The fourth-order valence-corrected chi connectivity index (χ4v) is 10.3. The third-order valence-corrected chi connectivity index (χ3v) is 15.9. The molecule has 3 N–H and O–H groups in total. The smallest absolute Gasteiger partial charge is 0.413 e. The Labute approximate surface area is 487 Å². The van der Waals surface area contributed by atoms with Gasteiger partial charge in [-0.15, -0.1) is 11.6 Å². The Morgan fingerprint density at radius 1 is 0.658 bits per heavy atom. The van der Waals surface area contributed by atoms with E-state index in [0.29, 0.717) is 101 Å². The zero-order valence-electron chi connectivity index (χ0n) is 42.9. The molecule has 2 heterocycles. The SMILES string of the molecule is COCCCOc1cc(CCC2(C(F)(F)F)CC2)c(Br)cc1Cl.COCCCOc1cc(CCl)c(Br)cc1Cl.COCCCOc1cc2c(cc1Cl)-c1cc(=O)c(C(=O)O)cn1N(C1(C(F)(F)F)CC1)C2.NC1(C(F)(F)F)CC1. The van der Waals surface area contributed by atoms with Crippen LogP contribution in [0.25, 0.3) is 11.3 Å². The van der Waals surface area contributed by atoms with E-state index in [4.69, 9.17) is 80.6 Å². The van der Waals surface area contributed by atoms with Crippen molar-refractivity contribution in [3.8, 4) is 28.5 Å². The van der Waals surface area contributed by atoms with E-state index >= 15 is 0 Å². The first-order chi connectivity index (χ1) is 37.0. The molecule has 1 aliphatic heterocycles. The Morgan fingerprint density at radius 3 is 1.52 bits per heavy atom. The number of carbonyl (C=O) groups is 1. The standard InChI is InChI=1S/C21H20ClF3N2O5.C16H19BrClF3O2.C11H13BrCl2O2.C4H6F3N/c1-31-5-2-6-32-18-7-12-10-27(20(3-4-20)21(23,24)25)26-11-14(19(29)30)17(28)9-16(26)13(12)8-15(18)22;1-22-7-2-8-23-14-9-11(12(17)10-13(14)18)3-4-15(5-6-15)16(19,20)21;1-15-3-2-4-16-11-5-8(7-13)9(12)6-10(11)14;5-4(6,7)3(8)1-2-3/h7-9,11H,2-6,10H2,1H3,(H,29,30);9-10H,2-8H2,1H3;5-6H,2-4,7H2,1H3;1-2,8H2. The highest BCUT2D eigenvalue weighted by Crippen LogP contribution is 2.61. The molecule has 0 radical (unpaired) electrons. The molecular formula is C52H58Br2Cl4F9N3O9. The molecule has 0 saturated heterocycles. The van der Waals surface area contributed by atoms with Gasteiger partial charge in [0.05, 0.1) is 52.5 Å². The normalized spacial score (nSPS) is 16.1. The zero-order valence-corrected chi connectivity index (χ0v) is 49.1. The number of hydrogen-bond acceptors (Lipinski definition) is 10. The predicted molar refractivity (Wildman–Crippen MR) is 290 cm³/mol. The number of aromatic carboxylic acids is 1. The minimum Gasteiger partial charge on any atom is -0.492 e. The first-order valence-corrected chi connectivity index (χ1v) is 27.7. The fraction of sp³-hybridized carbons (Fsp3) is 0.538. The van der Waals surface area contributed by atoms with Crippen LogP contribution in [-0.2, 0) is 33.1 Å². The van der Waals surface area contributed by atoms with Gasteiger partial charge in [0.25, 0.3) is 0 Å². The number of hydrogen-bond donors (Lipinski definition) is 2. The maximum absolute atomic E-state index is 14.0. The molecule has 1 aromatic heterocycles.